The van der Waals surface area contributed by atoms with E-state index < -0.39 is 60.2 Å². The number of thiol groups is 1. The smallest absolute Gasteiger partial charge is 0.244 e. The molecule has 5 atom stereocenters. The minimum absolute atomic E-state index is 0.0711. The maximum Gasteiger partial charge on any atom is 0.244 e. The number of carbonyl (C=O) groups is 6. The van der Waals surface area contributed by atoms with E-state index in [1.54, 1.807) is 30.3 Å². The molecule has 0 bridgehead atoms. The molecule has 0 aliphatic heterocycles. The molecule has 0 saturated carbocycles. The molecule has 15 nitrogen and oxygen atoms in total. The van der Waals surface area contributed by atoms with Gasteiger partial charge >= 0.3 is 0 Å². The third-order valence-electron chi connectivity index (χ3n) is 6.64. The summed E-state index contributed by atoms with van der Waals surface area (Å²) in [5.41, 5.74) is 17.2. The van der Waals surface area contributed by atoms with Crippen molar-refractivity contribution in [1.29, 1.82) is 0 Å². The quantitative estimate of drug-likeness (QED) is 0.0240. The second-order valence-electron chi connectivity index (χ2n) is 10.2. The fraction of sp³-hybridized carbons (Fsp3) is 0.536. The van der Waals surface area contributed by atoms with Crippen molar-refractivity contribution in [2.75, 3.05) is 25.4 Å². The lowest BCUT2D eigenvalue weighted by Crippen LogP contribution is -2.57. The van der Waals surface area contributed by atoms with Crippen molar-refractivity contribution in [2.24, 2.45) is 28.1 Å². The van der Waals surface area contributed by atoms with Gasteiger partial charge in [-0.05, 0) is 24.3 Å². The normalized spacial score (nSPS) is 14.0. The van der Waals surface area contributed by atoms with Gasteiger partial charge < -0.3 is 48.6 Å². The molecule has 1 aromatic rings. The van der Waals surface area contributed by atoms with Gasteiger partial charge in [-0.1, -0.05) is 50.6 Å². The SMILES string of the molecule is CC[C@H](C)[C@@H](C=O)NC(=O)CNC(=O)CNC(=O)[C@H](Cc1ccccc1)NC(=O)[C@H](CS)NC(=O)[C@@H](N)CCCN=C(N)N. The highest BCUT2D eigenvalue weighted by molar-refractivity contribution is 7.80. The summed E-state index contributed by atoms with van der Waals surface area (Å²) in [5.74, 6) is -3.36. The Morgan fingerprint density at radius 1 is 0.909 bits per heavy atom. The first-order valence-electron chi connectivity index (χ1n) is 14.3. The third-order valence-corrected chi connectivity index (χ3v) is 7.00. The minimum atomic E-state index is -1.11. The summed E-state index contributed by atoms with van der Waals surface area (Å²) in [4.78, 5) is 78.2. The summed E-state index contributed by atoms with van der Waals surface area (Å²) in [6, 6.07) is 5.05. The minimum Gasteiger partial charge on any atom is -0.370 e. The maximum atomic E-state index is 13.1. The van der Waals surface area contributed by atoms with Crippen LogP contribution in [-0.4, -0.2) is 91.3 Å². The Kier molecular flexibility index (Phi) is 17.8. The van der Waals surface area contributed by atoms with E-state index in [0.29, 0.717) is 25.7 Å². The number of hydrogen-bond acceptors (Lipinski definition) is 9. The summed E-state index contributed by atoms with van der Waals surface area (Å²) in [6.07, 6.45) is 2.12. The molecule has 0 heterocycles. The van der Waals surface area contributed by atoms with Crippen molar-refractivity contribution < 1.29 is 28.8 Å². The van der Waals surface area contributed by atoms with Crippen LogP contribution in [0.15, 0.2) is 35.3 Å². The number of aliphatic imine (C=N–C) groups is 1. The molecule has 0 aliphatic rings. The monoisotopic (exact) mass is 635 g/mol. The van der Waals surface area contributed by atoms with Crippen LogP contribution in [0.5, 0.6) is 0 Å². The van der Waals surface area contributed by atoms with Crippen LogP contribution in [0.3, 0.4) is 0 Å². The lowest BCUT2D eigenvalue weighted by Gasteiger charge is -2.23. The Hall–Kier alpha value is -4.18. The highest BCUT2D eigenvalue weighted by atomic mass is 32.1. The van der Waals surface area contributed by atoms with Crippen molar-refractivity contribution >= 4 is 54.4 Å². The van der Waals surface area contributed by atoms with Crippen molar-refractivity contribution in [3.8, 4) is 0 Å². The van der Waals surface area contributed by atoms with E-state index in [9.17, 15) is 28.8 Å². The van der Waals surface area contributed by atoms with Gasteiger partial charge in [0.05, 0.1) is 25.2 Å². The molecule has 5 amide bonds. The number of carbonyl (C=O) groups excluding carboxylic acids is 6. The van der Waals surface area contributed by atoms with Gasteiger partial charge in [0.2, 0.25) is 29.5 Å². The molecule has 1 aromatic carbocycles. The van der Waals surface area contributed by atoms with Crippen molar-refractivity contribution in [2.45, 2.75) is 63.7 Å². The summed E-state index contributed by atoms with van der Waals surface area (Å²) in [5, 5.41) is 12.5. The van der Waals surface area contributed by atoms with Gasteiger partial charge in [-0.2, -0.15) is 12.6 Å². The number of benzene rings is 1. The van der Waals surface area contributed by atoms with Gasteiger partial charge in [0.25, 0.3) is 0 Å². The molecule has 0 aromatic heterocycles. The molecule has 0 radical (unpaired) electrons. The molecule has 0 saturated heterocycles. The molecular weight excluding hydrogens is 590 g/mol. The van der Waals surface area contributed by atoms with Crippen LogP contribution < -0.4 is 43.8 Å². The average molecular weight is 636 g/mol. The fourth-order valence-corrected chi connectivity index (χ4v) is 4.05. The van der Waals surface area contributed by atoms with Gasteiger partial charge in [-0.25, -0.2) is 0 Å². The van der Waals surface area contributed by atoms with Crippen LogP contribution >= 0.6 is 12.6 Å². The van der Waals surface area contributed by atoms with E-state index in [0.717, 1.165) is 5.56 Å². The number of rotatable bonds is 20. The topological polar surface area (TPSA) is 253 Å². The Labute approximate surface area is 262 Å². The summed E-state index contributed by atoms with van der Waals surface area (Å²) in [6.45, 7) is 3.13. The van der Waals surface area contributed by atoms with Crippen molar-refractivity contribution in [1.82, 2.24) is 26.6 Å². The number of hydrogen-bond donors (Lipinski definition) is 9. The van der Waals surface area contributed by atoms with Crippen LogP contribution in [-0.2, 0) is 35.2 Å². The second kappa shape index (κ2) is 20.7. The van der Waals surface area contributed by atoms with Crippen LogP contribution in [0.1, 0.15) is 38.7 Å². The van der Waals surface area contributed by atoms with Gasteiger partial charge in [0, 0.05) is 18.7 Å². The molecule has 11 N–H and O–H groups in total. The molecule has 16 heteroatoms. The zero-order valence-corrected chi connectivity index (χ0v) is 26.0. The van der Waals surface area contributed by atoms with Crippen LogP contribution in [0.2, 0.25) is 0 Å². The predicted octanol–water partition coefficient (Wildman–Crippen LogP) is -2.53. The van der Waals surface area contributed by atoms with Gasteiger partial charge in [0.15, 0.2) is 5.96 Å². The van der Waals surface area contributed by atoms with Crippen molar-refractivity contribution in [3.05, 3.63) is 35.9 Å². The Morgan fingerprint density at radius 2 is 1.55 bits per heavy atom. The molecule has 0 aliphatic carbocycles. The van der Waals surface area contributed by atoms with Crippen LogP contribution in [0, 0.1) is 5.92 Å². The van der Waals surface area contributed by atoms with Gasteiger partial charge in [0.1, 0.15) is 18.4 Å². The van der Waals surface area contributed by atoms with Gasteiger partial charge in [-0.15, -0.1) is 0 Å². The van der Waals surface area contributed by atoms with Crippen molar-refractivity contribution in [3.63, 3.8) is 0 Å². The van der Waals surface area contributed by atoms with E-state index in [1.807, 2.05) is 13.8 Å². The fourth-order valence-electron chi connectivity index (χ4n) is 3.79. The lowest BCUT2D eigenvalue weighted by molar-refractivity contribution is -0.132. The molecular formula is C28H45N9O6S. The number of guanidine groups is 1. The predicted molar refractivity (Wildman–Crippen MR) is 169 cm³/mol. The molecule has 44 heavy (non-hydrogen) atoms. The summed E-state index contributed by atoms with van der Waals surface area (Å²) in [7, 11) is 0. The highest BCUT2D eigenvalue weighted by Crippen LogP contribution is 2.06. The lowest BCUT2D eigenvalue weighted by atomic mass is 10.0. The Morgan fingerprint density at radius 3 is 2.14 bits per heavy atom. The maximum absolute atomic E-state index is 13.1. The zero-order chi connectivity index (χ0) is 33.1. The molecule has 0 spiro atoms. The number of nitrogens with one attached hydrogen (secondary N) is 5. The molecule has 1 rings (SSSR count). The number of nitrogens with zero attached hydrogens (tertiary/aromatic N) is 1. The van der Waals surface area contributed by atoms with E-state index in [2.05, 4.69) is 44.2 Å². The van der Waals surface area contributed by atoms with Crippen LogP contribution in [0.4, 0.5) is 0 Å². The molecule has 0 fully saturated rings. The van der Waals surface area contributed by atoms with E-state index >= 15 is 0 Å². The van der Waals surface area contributed by atoms with E-state index in [-0.39, 0.29) is 37.0 Å². The van der Waals surface area contributed by atoms with Crippen LogP contribution in [0.25, 0.3) is 0 Å². The number of aldehydes is 1. The highest BCUT2D eigenvalue weighted by Gasteiger charge is 2.28. The Bertz CT molecular complexity index is 1130. The third kappa shape index (κ3) is 14.8. The molecule has 244 valence electrons. The Balaban J connectivity index is 2.77. The standard InChI is InChI=1S/C28H45N9O6S/c1-3-17(2)21(15-38)35-24(40)14-33-23(39)13-34-26(42)20(12-18-8-5-4-6-9-18)36-27(43)22(16-44)37-25(41)19(29)10-7-11-32-28(30)31/h4-6,8-9,15,17,19-22,44H,3,7,10-14,16,29H2,1-2H3,(H,33,39)(H,34,42)(H,35,40)(H,36,43)(H,37,41)(H4,30,31,32)/t17-,19-,20-,21+,22-/m0/s1. The average Bonchev–Trinajstić information content (AvgIpc) is 3.01. The number of nitrogens with two attached hydrogens (primary N) is 3. The van der Waals surface area contributed by atoms with E-state index in [1.165, 1.54) is 0 Å². The second-order valence-corrected chi connectivity index (χ2v) is 10.5. The summed E-state index contributed by atoms with van der Waals surface area (Å²) >= 11 is 4.16. The van der Waals surface area contributed by atoms with Gasteiger partial charge in [-0.3, -0.25) is 29.0 Å². The first kappa shape index (κ1) is 37.8. The largest absolute Gasteiger partial charge is 0.370 e. The summed E-state index contributed by atoms with van der Waals surface area (Å²) < 4.78 is 0. The first-order valence-corrected chi connectivity index (χ1v) is 14.9. The first-order chi connectivity index (χ1) is 20.9. The number of amides is 5. The van der Waals surface area contributed by atoms with E-state index in [4.69, 9.17) is 17.2 Å². The molecule has 0 unspecified atom stereocenters. The zero-order valence-electron chi connectivity index (χ0n) is 25.1.